The minimum atomic E-state index is -3.35. The predicted octanol–water partition coefficient (Wildman–Crippen LogP) is 1.55. The minimum Gasteiger partial charge on any atom is -0.371 e. The second kappa shape index (κ2) is 5.61. The minimum absolute atomic E-state index is 0.0721. The third-order valence-corrected chi connectivity index (χ3v) is 4.73. The van der Waals surface area contributed by atoms with Crippen LogP contribution in [0, 0.1) is 0 Å². The first-order valence-electron chi connectivity index (χ1n) is 6.10. The number of primary amides is 1. The van der Waals surface area contributed by atoms with Crippen LogP contribution in [0.15, 0.2) is 29.2 Å². The van der Waals surface area contributed by atoms with E-state index in [4.69, 9.17) is 5.73 Å². The Hall–Kier alpha value is -1.56. The zero-order valence-electron chi connectivity index (χ0n) is 11.4. The van der Waals surface area contributed by atoms with Crippen LogP contribution in [0.1, 0.15) is 27.2 Å². The molecule has 106 valence electrons. The van der Waals surface area contributed by atoms with Gasteiger partial charge < -0.3 is 11.1 Å². The van der Waals surface area contributed by atoms with Crippen molar-refractivity contribution in [3.8, 4) is 0 Å². The van der Waals surface area contributed by atoms with Crippen LogP contribution in [0.3, 0.4) is 0 Å². The van der Waals surface area contributed by atoms with Crippen molar-refractivity contribution in [3.05, 3.63) is 24.3 Å². The monoisotopic (exact) mass is 284 g/mol. The van der Waals surface area contributed by atoms with Gasteiger partial charge in [0.05, 0.1) is 16.3 Å². The summed E-state index contributed by atoms with van der Waals surface area (Å²) in [4.78, 5) is 11.5. The third kappa shape index (κ3) is 3.70. The normalized spacial score (nSPS) is 12.2. The molecule has 0 aliphatic heterocycles. The van der Waals surface area contributed by atoms with E-state index in [0.29, 0.717) is 12.1 Å². The molecule has 0 atom stereocenters. The zero-order chi connectivity index (χ0) is 14.7. The number of hydrogen-bond acceptors (Lipinski definition) is 4. The van der Waals surface area contributed by atoms with Gasteiger partial charge in [0.25, 0.3) is 0 Å². The van der Waals surface area contributed by atoms with Crippen LogP contribution in [0.2, 0.25) is 0 Å². The second-order valence-electron chi connectivity index (χ2n) is 4.93. The average molecular weight is 284 g/mol. The molecule has 1 rings (SSSR count). The highest BCUT2D eigenvalue weighted by atomic mass is 32.2. The topological polar surface area (TPSA) is 89.3 Å². The van der Waals surface area contributed by atoms with Crippen LogP contribution >= 0.6 is 0 Å². The second-order valence-corrected chi connectivity index (χ2v) is 7.01. The quantitative estimate of drug-likeness (QED) is 0.829. The van der Waals surface area contributed by atoms with Crippen LogP contribution in [0.5, 0.6) is 0 Å². The molecular formula is C13H20N2O3S. The summed E-state index contributed by atoms with van der Waals surface area (Å²) >= 11 is 0. The molecule has 0 aromatic heterocycles. The molecular weight excluding hydrogens is 264 g/mol. The number of carbonyl (C=O) groups excluding carboxylic acids is 1. The summed E-state index contributed by atoms with van der Waals surface area (Å²) in [5, 5.41) is 2.90. The number of anilines is 1. The fourth-order valence-electron chi connectivity index (χ4n) is 1.62. The van der Waals surface area contributed by atoms with Gasteiger partial charge in [-0.2, -0.15) is 0 Å². The summed E-state index contributed by atoms with van der Waals surface area (Å²) < 4.78 is 24.3. The van der Waals surface area contributed by atoms with Gasteiger partial charge in [-0.15, -0.1) is 0 Å². The molecule has 0 bridgehead atoms. The Balaban J connectivity index is 3.21. The smallest absolute Gasteiger partial charge is 0.242 e. The van der Waals surface area contributed by atoms with Gasteiger partial charge in [0, 0.05) is 0 Å². The van der Waals surface area contributed by atoms with E-state index in [-0.39, 0.29) is 10.6 Å². The van der Waals surface area contributed by atoms with Crippen molar-refractivity contribution in [3.63, 3.8) is 0 Å². The van der Waals surface area contributed by atoms with Crippen molar-refractivity contribution in [1.29, 1.82) is 0 Å². The summed E-state index contributed by atoms with van der Waals surface area (Å²) in [5.74, 6) is -0.474. The van der Waals surface area contributed by atoms with Crippen molar-refractivity contribution in [2.24, 2.45) is 5.73 Å². The summed E-state index contributed by atoms with van der Waals surface area (Å²) in [7, 11) is -3.35. The van der Waals surface area contributed by atoms with Gasteiger partial charge in [-0.25, -0.2) is 8.42 Å². The van der Waals surface area contributed by atoms with E-state index < -0.39 is 21.3 Å². The lowest BCUT2D eigenvalue weighted by molar-refractivity contribution is -0.121. The van der Waals surface area contributed by atoms with Crippen LogP contribution < -0.4 is 11.1 Å². The SMILES string of the molecule is CCCS(=O)(=O)c1ccccc1NC(C)(C)C(N)=O. The van der Waals surface area contributed by atoms with Crippen molar-refractivity contribution < 1.29 is 13.2 Å². The number of sulfone groups is 1. The van der Waals surface area contributed by atoms with Crippen molar-refractivity contribution in [1.82, 2.24) is 0 Å². The number of rotatable bonds is 6. The maximum Gasteiger partial charge on any atom is 0.242 e. The molecule has 1 aromatic carbocycles. The summed E-state index contributed by atoms with van der Waals surface area (Å²) in [5.41, 5.74) is 4.67. The highest BCUT2D eigenvalue weighted by Crippen LogP contribution is 2.25. The molecule has 0 saturated carbocycles. The van der Waals surface area contributed by atoms with Crippen molar-refractivity contribution in [2.75, 3.05) is 11.1 Å². The molecule has 0 fully saturated rings. The summed E-state index contributed by atoms with van der Waals surface area (Å²) in [6.07, 6.45) is 0.538. The lowest BCUT2D eigenvalue weighted by Gasteiger charge is -2.25. The maximum absolute atomic E-state index is 12.2. The number of nitrogens with two attached hydrogens (primary N) is 1. The average Bonchev–Trinajstić information content (AvgIpc) is 2.28. The lowest BCUT2D eigenvalue weighted by atomic mass is 10.0. The molecule has 0 heterocycles. The lowest BCUT2D eigenvalue weighted by Crippen LogP contribution is -2.45. The van der Waals surface area contributed by atoms with E-state index >= 15 is 0 Å². The fourth-order valence-corrected chi connectivity index (χ4v) is 3.12. The van der Waals surface area contributed by atoms with Crippen LogP contribution in [0.4, 0.5) is 5.69 Å². The van der Waals surface area contributed by atoms with Gasteiger partial charge >= 0.3 is 0 Å². The number of hydrogen-bond donors (Lipinski definition) is 2. The Kier molecular flexibility index (Phi) is 4.57. The van der Waals surface area contributed by atoms with E-state index in [0.717, 1.165) is 0 Å². The molecule has 0 saturated heterocycles. The van der Waals surface area contributed by atoms with Gasteiger partial charge in [0.2, 0.25) is 5.91 Å². The zero-order valence-corrected chi connectivity index (χ0v) is 12.3. The number of amides is 1. The Morgan fingerprint density at radius 1 is 1.32 bits per heavy atom. The molecule has 5 nitrogen and oxygen atoms in total. The molecule has 1 amide bonds. The van der Waals surface area contributed by atoms with Gasteiger partial charge in [0.1, 0.15) is 5.54 Å². The van der Waals surface area contributed by atoms with Crippen LogP contribution in [-0.2, 0) is 14.6 Å². The largest absolute Gasteiger partial charge is 0.371 e. The molecule has 0 radical (unpaired) electrons. The molecule has 3 N–H and O–H groups in total. The van der Waals surface area contributed by atoms with Crippen molar-refractivity contribution >= 4 is 21.4 Å². The van der Waals surface area contributed by atoms with Crippen LogP contribution in [0.25, 0.3) is 0 Å². The number of benzene rings is 1. The van der Waals surface area contributed by atoms with E-state index in [9.17, 15) is 13.2 Å². The Labute approximate surface area is 114 Å². The molecule has 0 aliphatic rings. The van der Waals surface area contributed by atoms with E-state index in [2.05, 4.69) is 5.32 Å². The van der Waals surface area contributed by atoms with Crippen molar-refractivity contribution in [2.45, 2.75) is 37.6 Å². The first-order valence-corrected chi connectivity index (χ1v) is 7.76. The van der Waals surface area contributed by atoms with E-state index in [1.165, 1.54) is 6.07 Å². The third-order valence-electron chi connectivity index (χ3n) is 2.76. The van der Waals surface area contributed by atoms with Gasteiger partial charge in [-0.3, -0.25) is 4.79 Å². The van der Waals surface area contributed by atoms with Gasteiger partial charge in [-0.1, -0.05) is 19.1 Å². The standard InChI is InChI=1S/C13H20N2O3S/c1-4-9-19(17,18)11-8-6-5-7-10(11)15-13(2,3)12(14)16/h5-8,15H,4,9H2,1-3H3,(H2,14,16). The maximum atomic E-state index is 12.2. The first kappa shape index (κ1) is 15.5. The highest BCUT2D eigenvalue weighted by Gasteiger charge is 2.27. The molecule has 1 aromatic rings. The van der Waals surface area contributed by atoms with Gasteiger partial charge in [0.15, 0.2) is 9.84 Å². The Morgan fingerprint density at radius 2 is 1.89 bits per heavy atom. The molecule has 6 heteroatoms. The van der Waals surface area contributed by atoms with Crippen LogP contribution in [-0.4, -0.2) is 25.6 Å². The molecule has 19 heavy (non-hydrogen) atoms. The van der Waals surface area contributed by atoms with Gasteiger partial charge in [-0.05, 0) is 32.4 Å². The Morgan fingerprint density at radius 3 is 2.42 bits per heavy atom. The predicted molar refractivity (Wildman–Crippen MR) is 75.7 cm³/mol. The number of para-hydroxylation sites is 1. The van der Waals surface area contributed by atoms with E-state index in [1.54, 1.807) is 39.0 Å². The van der Waals surface area contributed by atoms with E-state index in [1.807, 2.05) is 0 Å². The number of carbonyl (C=O) groups is 1. The summed E-state index contributed by atoms with van der Waals surface area (Å²) in [6, 6.07) is 6.53. The molecule has 0 spiro atoms. The molecule has 0 aliphatic carbocycles. The fraction of sp³-hybridized carbons (Fsp3) is 0.462. The first-order chi connectivity index (χ1) is 8.70. The molecule has 0 unspecified atom stereocenters. The Bertz CT molecular complexity index is 565. The summed E-state index contributed by atoms with van der Waals surface area (Å²) in [6.45, 7) is 5.03. The number of nitrogens with one attached hydrogen (secondary N) is 1. The highest BCUT2D eigenvalue weighted by molar-refractivity contribution is 7.91.